The highest BCUT2D eigenvalue weighted by Crippen LogP contribution is 2.36. The van der Waals surface area contributed by atoms with Crippen LogP contribution in [-0.4, -0.2) is 64.4 Å². The Hall–Kier alpha value is -3.32. The highest BCUT2D eigenvalue weighted by Gasteiger charge is 2.15. The molecule has 0 aromatic heterocycles. The summed E-state index contributed by atoms with van der Waals surface area (Å²) in [6.07, 6.45) is 4.14. The summed E-state index contributed by atoms with van der Waals surface area (Å²) in [5.74, 6) is 1.75. The van der Waals surface area contributed by atoms with Crippen LogP contribution in [0.15, 0.2) is 78.9 Å². The maximum atomic E-state index is 12.2. The molecule has 3 aromatic rings. The number of carbonyl (C=O) groups is 1. The van der Waals surface area contributed by atoms with Crippen LogP contribution in [-0.2, 0) is 4.74 Å². The number of nitrogens with zero attached hydrogens (tertiary/aromatic N) is 1. The summed E-state index contributed by atoms with van der Waals surface area (Å²) in [7, 11) is 6.05. The van der Waals surface area contributed by atoms with Gasteiger partial charge in [-0.1, -0.05) is 81.3 Å². The third-order valence-corrected chi connectivity index (χ3v) is 6.79. The van der Waals surface area contributed by atoms with Crippen LogP contribution in [0.4, 0.5) is 4.79 Å². The first-order valence-electron chi connectivity index (χ1n) is 15.3. The van der Waals surface area contributed by atoms with E-state index in [1.165, 1.54) is 0 Å². The average molecular weight is 609 g/mol. The molecule has 0 heterocycles. The predicted octanol–water partition coefficient (Wildman–Crippen LogP) is 8.54. The van der Waals surface area contributed by atoms with Crippen molar-refractivity contribution < 1.29 is 19.0 Å². The summed E-state index contributed by atoms with van der Waals surface area (Å²) in [6.45, 7) is 6.81. The van der Waals surface area contributed by atoms with E-state index in [0.29, 0.717) is 31.3 Å². The van der Waals surface area contributed by atoms with Crippen molar-refractivity contribution in [3.8, 4) is 11.5 Å². The van der Waals surface area contributed by atoms with E-state index in [-0.39, 0.29) is 0 Å². The number of nitrogens with one attached hydrogen (secondary N) is 1. The van der Waals surface area contributed by atoms with Gasteiger partial charge in [-0.2, -0.15) is 0 Å². The molecule has 3 aromatic carbocycles. The van der Waals surface area contributed by atoms with E-state index in [2.05, 4.69) is 48.6 Å². The molecule has 43 heavy (non-hydrogen) atoms. The highest BCUT2D eigenvalue weighted by molar-refractivity contribution is 6.18. The number of allylic oxidation sites excluding steroid dienone is 1. The molecule has 0 saturated heterocycles. The average Bonchev–Trinajstić information content (AvgIpc) is 3.03. The molecule has 0 saturated carbocycles. The molecule has 6 nitrogen and oxygen atoms in total. The summed E-state index contributed by atoms with van der Waals surface area (Å²) >= 11 is 6.30. The molecular weight excluding hydrogens is 560 g/mol. The quantitative estimate of drug-likeness (QED) is 0.0545. The second-order valence-electron chi connectivity index (χ2n) is 10.1. The maximum absolute atomic E-state index is 12.2. The SMILES string of the molecule is CC.CNCCOc1ccc(/C(=C(/CCCl)c2ccccc2)c2ccc(OC(=O)OCCCCCCN(C)C)cc2)cc1. The van der Waals surface area contributed by atoms with Gasteiger partial charge in [-0.25, -0.2) is 4.79 Å². The number of hydrogen-bond acceptors (Lipinski definition) is 6. The van der Waals surface area contributed by atoms with Gasteiger partial charge in [0.05, 0.1) is 6.61 Å². The van der Waals surface area contributed by atoms with E-state index in [1.54, 1.807) is 12.1 Å². The summed E-state index contributed by atoms with van der Waals surface area (Å²) < 4.78 is 16.6. The number of benzene rings is 3. The molecule has 0 aliphatic heterocycles. The van der Waals surface area contributed by atoms with Crippen LogP contribution < -0.4 is 14.8 Å². The van der Waals surface area contributed by atoms with Crippen molar-refractivity contribution in [2.24, 2.45) is 0 Å². The smallest absolute Gasteiger partial charge is 0.492 e. The molecule has 0 unspecified atom stereocenters. The van der Waals surface area contributed by atoms with Gasteiger partial charge < -0.3 is 24.4 Å². The molecule has 234 valence electrons. The largest absolute Gasteiger partial charge is 0.513 e. The predicted molar refractivity (Wildman–Crippen MR) is 180 cm³/mol. The molecule has 1 N–H and O–H groups in total. The Labute approximate surface area is 264 Å². The zero-order chi connectivity index (χ0) is 31.3. The van der Waals surface area contributed by atoms with Gasteiger partial charge in [0.15, 0.2) is 0 Å². The molecule has 0 aliphatic rings. The van der Waals surface area contributed by atoms with Gasteiger partial charge in [0.1, 0.15) is 18.1 Å². The van der Waals surface area contributed by atoms with Crippen LogP contribution in [0.25, 0.3) is 11.1 Å². The maximum Gasteiger partial charge on any atom is 0.513 e. The molecule has 0 aliphatic carbocycles. The molecule has 3 rings (SSSR count). The van der Waals surface area contributed by atoms with Crippen LogP contribution in [0.2, 0.25) is 0 Å². The Kier molecular flexibility index (Phi) is 17.8. The van der Waals surface area contributed by atoms with Crippen LogP contribution in [0.5, 0.6) is 11.5 Å². The van der Waals surface area contributed by atoms with Crippen LogP contribution in [0.3, 0.4) is 0 Å². The van der Waals surface area contributed by atoms with Gasteiger partial charge in [-0.15, -0.1) is 11.6 Å². The molecule has 0 radical (unpaired) electrons. The Morgan fingerprint density at radius 3 is 1.95 bits per heavy atom. The van der Waals surface area contributed by atoms with E-state index < -0.39 is 6.16 Å². The second-order valence-corrected chi connectivity index (χ2v) is 10.5. The van der Waals surface area contributed by atoms with Crippen LogP contribution in [0.1, 0.15) is 62.6 Å². The fourth-order valence-corrected chi connectivity index (χ4v) is 4.69. The van der Waals surface area contributed by atoms with Gasteiger partial charge in [0.2, 0.25) is 0 Å². The van der Waals surface area contributed by atoms with E-state index >= 15 is 0 Å². The van der Waals surface area contributed by atoms with Crippen molar-refractivity contribution in [2.45, 2.75) is 46.0 Å². The molecule has 0 atom stereocenters. The van der Waals surface area contributed by atoms with Crippen molar-refractivity contribution in [1.29, 1.82) is 0 Å². The number of hydrogen-bond donors (Lipinski definition) is 1. The number of rotatable bonds is 17. The fourth-order valence-electron chi connectivity index (χ4n) is 4.51. The first-order chi connectivity index (χ1) is 21.0. The Morgan fingerprint density at radius 2 is 1.37 bits per heavy atom. The number of unbranched alkanes of at least 4 members (excludes halogenated alkanes) is 3. The fraction of sp³-hybridized carbons (Fsp3) is 0.417. The van der Waals surface area contributed by atoms with Gasteiger partial charge >= 0.3 is 6.16 Å². The van der Waals surface area contributed by atoms with Gasteiger partial charge in [-0.05, 0) is 99.1 Å². The van der Waals surface area contributed by atoms with E-state index in [4.69, 9.17) is 25.8 Å². The third-order valence-electron chi connectivity index (χ3n) is 6.60. The number of halogens is 1. The molecule has 0 bridgehead atoms. The third kappa shape index (κ3) is 13.2. The standard InChI is InChI=1S/C34H43ClN2O4.C2H6/c1-36-23-26-39-30-17-13-28(14-18-30)33(32(21-22-35)27-11-7-6-8-12-27)29-15-19-31(20-16-29)41-34(38)40-25-10-5-4-9-24-37(2)3;1-2/h6-8,11-20,36H,4-5,9-10,21-26H2,1-3H3;1-2H3/b33-32+;. The molecule has 0 fully saturated rings. The monoisotopic (exact) mass is 608 g/mol. The lowest BCUT2D eigenvalue weighted by atomic mass is 9.88. The topological polar surface area (TPSA) is 60.0 Å². The number of likely N-dealkylation sites (N-methyl/N-ethyl adjacent to an activating group) is 1. The van der Waals surface area contributed by atoms with E-state index in [1.807, 2.05) is 63.4 Å². The first-order valence-corrected chi connectivity index (χ1v) is 15.9. The lowest BCUT2D eigenvalue weighted by Gasteiger charge is -2.18. The Balaban J connectivity index is 0.00000316. The minimum atomic E-state index is -0.678. The highest BCUT2D eigenvalue weighted by atomic mass is 35.5. The van der Waals surface area contributed by atoms with Crippen molar-refractivity contribution >= 4 is 28.9 Å². The summed E-state index contributed by atoms with van der Waals surface area (Å²) in [5.41, 5.74) is 5.37. The zero-order valence-corrected chi connectivity index (χ0v) is 27.3. The number of alkyl halides is 1. The molecular formula is C36H49ClN2O4. The van der Waals surface area contributed by atoms with E-state index in [9.17, 15) is 4.79 Å². The zero-order valence-electron chi connectivity index (χ0n) is 26.5. The van der Waals surface area contributed by atoms with Crippen molar-refractivity contribution in [3.05, 3.63) is 95.6 Å². The lowest BCUT2D eigenvalue weighted by Crippen LogP contribution is -2.15. The first kappa shape index (κ1) is 35.9. The van der Waals surface area contributed by atoms with E-state index in [0.717, 1.165) is 72.4 Å². The van der Waals surface area contributed by atoms with Gasteiger partial charge in [0.25, 0.3) is 0 Å². The minimum absolute atomic E-state index is 0.360. The number of ether oxygens (including phenoxy) is 3. The van der Waals surface area contributed by atoms with Crippen molar-refractivity contribution in [1.82, 2.24) is 10.2 Å². The number of carbonyl (C=O) groups excluding carboxylic acids is 1. The molecule has 7 heteroatoms. The van der Waals surface area contributed by atoms with Crippen molar-refractivity contribution in [3.63, 3.8) is 0 Å². The summed E-state index contributed by atoms with van der Waals surface area (Å²) in [6, 6.07) is 26.0. The van der Waals surface area contributed by atoms with Crippen LogP contribution >= 0.6 is 11.6 Å². The van der Waals surface area contributed by atoms with Gasteiger partial charge in [0, 0.05) is 12.4 Å². The van der Waals surface area contributed by atoms with Crippen LogP contribution in [0, 0.1) is 0 Å². The normalized spacial score (nSPS) is 11.3. The minimum Gasteiger partial charge on any atom is -0.492 e. The van der Waals surface area contributed by atoms with Gasteiger partial charge in [-0.3, -0.25) is 0 Å². The molecule has 0 spiro atoms. The summed E-state index contributed by atoms with van der Waals surface area (Å²) in [5, 5.41) is 3.09. The second kappa shape index (κ2) is 21.4. The Morgan fingerprint density at radius 1 is 0.767 bits per heavy atom. The van der Waals surface area contributed by atoms with Crippen molar-refractivity contribution in [2.75, 3.05) is 53.3 Å². The lowest BCUT2D eigenvalue weighted by molar-refractivity contribution is 0.0972. The Bertz CT molecular complexity index is 1200. The molecule has 0 amide bonds. The summed E-state index contributed by atoms with van der Waals surface area (Å²) in [4.78, 5) is 14.4.